The van der Waals surface area contributed by atoms with Crippen molar-refractivity contribution in [2.24, 2.45) is 0 Å². The summed E-state index contributed by atoms with van der Waals surface area (Å²) >= 11 is 7.25. The number of rotatable bonds is 5. The van der Waals surface area contributed by atoms with Gasteiger partial charge in [-0.2, -0.15) is 0 Å². The van der Waals surface area contributed by atoms with Crippen LogP contribution in [0.2, 0.25) is 5.02 Å². The van der Waals surface area contributed by atoms with Gasteiger partial charge in [-0.05, 0) is 23.6 Å². The lowest BCUT2D eigenvalue weighted by atomic mass is 10.1. The first-order valence-electron chi connectivity index (χ1n) is 5.39. The molecule has 3 nitrogen and oxygen atoms in total. The quantitative estimate of drug-likeness (QED) is 0.785. The highest BCUT2D eigenvalue weighted by Crippen LogP contribution is 2.17. The number of ketones is 2. The Kier molecular flexibility index (Phi) is 4.23. The number of hydrogen-bond acceptors (Lipinski definition) is 4. The standard InChI is InChI=1S/C13H10ClNO2S/c14-9-3-1-7-15-13(9)11(17)6-5-10(16)12-4-2-8-18-12/h1-4,7-8H,5-6H2. The average Bonchev–Trinajstić information content (AvgIpc) is 2.90. The smallest absolute Gasteiger partial charge is 0.183 e. The molecular formula is C13H10ClNO2S. The van der Waals surface area contributed by atoms with Crippen LogP contribution in [0, 0.1) is 0 Å². The lowest BCUT2D eigenvalue weighted by Gasteiger charge is -2.01. The lowest BCUT2D eigenvalue weighted by Crippen LogP contribution is -2.06. The van der Waals surface area contributed by atoms with E-state index in [2.05, 4.69) is 4.98 Å². The molecule has 0 saturated heterocycles. The number of aromatic nitrogens is 1. The summed E-state index contributed by atoms with van der Waals surface area (Å²) in [7, 11) is 0. The Morgan fingerprint density at radius 2 is 1.94 bits per heavy atom. The summed E-state index contributed by atoms with van der Waals surface area (Å²) in [6, 6.07) is 6.85. The zero-order valence-electron chi connectivity index (χ0n) is 9.43. The maximum Gasteiger partial charge on any atom is 0.183 e. The van der Waals surface area contributed by atoms with Crippen LogP contribution in [-0.2, 0) is 0 Å². The minimum atomic E-state index is -0.203. The molecule has 0 aliphatic rings. The fraction of sp³-hybridized carbons (Fsp3) is 0.154. The van der Waals surface area contributed by atoms with Crippen LogP contribution in [0.4, 0.5) is 0 Å². The fourth-order valence-corrected chi connectivity index (χ4v) is 2.42. The largest absolute Gasteiger partial charge is 0.293 e. The van der Waals surface area contributed by atoms with Crippen molar-refractivity contribution >= 4 is 34.5 Å². The highest BCUT2D eigenvalue weighted by Gasteiger charge is 2.14. The number of carbonyl (C=O) groups excluding carboxylic acids is 2. The fourth-order valence-electron chi connectivity index (χ4n) is 1.50. The van der Waals surface area contributed by atoms with Crippen LogP contribution in [0.3, 0.4) is 0 Å². The van der Waals surface area contributed by atoms with E-state index in [1.165, 1.54) is 17.5 Å². The molecule has 0 bridgehead atoms. The molecule has 0 unspecified atom stereocenters. The van der Waals surface area contributed by atoms with E-state index < -0.39 is 0 Å². The normalized spacial score (nSPS) is 10.3. The first-order valence-corrected chi connectivity index (χ1v) is 6.64. The van der Waals surface area contributed by atoms with Crippen LogP contribution < -0.4 is 0 Å². The number of halogens is 1. The SMILES string of the molecule is O=C(CCC(=O)c1ncccc1Cl)c1cccs1. The summed E-state index contributed by atoms with van der Waals surface area (Å²) in [5, 5.41) is 2.16. The van der Waals surface area contributed by atoms with Crippen LogP contribution >= 0.6 is 22.9 Å². The van der Waals surface area contributed by atoms with E-state index in [9.17, 15) is 9.59 Å². The number of hydrogen-bond donors (Lipinski definition) is 0. The Bertz CT molecular complexity index is 566. The molecule has 0 saturated carbocycles. The number of nitrogens with zero attached hydrogens (tertiary/aromatic N) is 1. The number of Topliss-reactive ketones (excluding diaryl/α,β-unsaturated/α-hetero) is 2. The van der Waals surface area contributed by atoms with Crippen molar-refractivity contribution in [3.63, 3.8) is 0 Å². The molecule has 0 aliphatic heterocycles. The summed E-state index contributed by atoms with van der Waals surface area (Å²) in [5.74, 6) is -0.226. The molecule has 0 atom stereocenters. The minimum absolute atomic E-state index is 0.0228. The molecule has 0 N–H and O–H groups in total. The van der Waals surface area contributed by atoms with Gasteiger partial charge in [-0.3, -0.25) is 14.6 Å². The summed E-state index contributed by atoms with van der Waals surface area (Å²) in [6.07, 6.45) is 1.83. The van der Waals surface area contributed by atoms with Gasteiger partial charge in [-0.1, -0.05) is 17.7 Å². The molecule has 0 radical (unpaired) electrons. The van der Waals surface area contributed by atoms with Gasteiger partial charge in [0.05, 0.1) is 9.90 Å². The van der Waals surface area contributed by atoms with E-state index in [1.807, 2.05) is 11.4 Å². The van der Waals surface area contributed by atoms with Crippen molar-refractivity contribution in [2.45, 2.75) is 12.8 Å². The molecule has 18 heavy (non-hydrogen) atoms. The highest BCUT2D eigenvalue weighted by atomic mass is 35.5. The van der Waals surface area contributed by atoms with Gasteiger partial charge in [0.1, 0.15) is 5.69 Å². The third-order valence-corrected chi connectivity index (χ3v) is 3.61. The molecule has 0 fully saturated rings. The molecule has 2 aromatic heterocycles. The van der Waals surface area contributed by atoms with Crippen molar-refractivity contribution in [3.8, 4) is 0 Å². The Morgan fingerprint density at radius 1 is 1.17 bits per heavy atom. The Balaban J connectivity index is 1.97. The van der Waals surface area contributed by atoms with Gasteiger partial charge in [-0.15, -0.1) is 11.3 Å². The molecule has 2 heterocycles. The third-order valence-electron chi connectivity index (χ3n) is 2.40. The van der Waals surface area contributed by atoms with Crippen molar-refractivity contribution in [3.05, 3.63) is 51.4 Å². The molecule has 2 aromatic rings. The van der Waals surface area contributed by atoms with Gasteiger partial charge in [0.25, 0.3) is 0 Å². The number of thiophene rings is 1. The van der Waals surface area contributed by atoms with E-state index in [4.69, 9.17) is 11.6 Å². The first-order chi connectivity index (χ1) is 8.68. The van der Waals surface area contributed by atoms with Crippen LogP contribution in [-0.4, -0.2) is 16.6 Å². The Hall–Kier alpha value is -1.52. The second-order valence-corrected chi connectivity index (χ2v) is 5.01. The summed E-state index contributed by atoms with van der Waals surface area (Å²) < 4.78 is 0. The molecule has 0 spiro atoms. The summed E-state index contributed by atoms with van der Waals surface area (Å²) in [4.78, 5) is 28.2. The van der Waals surface area contributed by atoms with Crippen molar-refractivity contribution in [1.29, 1.82) is 0 Å². The zero-order valence-corrected chi connectivity index (χ0v) is 11.0. The van der Waals surface area contributed by atoms with E-state index in [0.717, 1.165) is 0 Å². The first kappa shape index (κ1) is 12.9. The van der Waals surface area contributed by atoms with E-state index in [0.29, 0.717) is 9.90 Å². The van der Waals surface area contributed by atoms with Gasteiger partial charge < -0.3 is 0 Å². The predicted octanol–water partition coefficient (Wildman–Crippen LogP) is 3.64. The van der Waals surface area contributed by atoms with Crippen molar-refractivity contribution in [1.82, 2.24) is 4.98 Å². The van der Waals surface area contributed by atoms with Gasteiger partial charge >= 0.3 is 0 Å². The van der Waals surface area contributed by atoms with Crippen LogP contribution in [0.5, 0.6) is 0 Å². The van der Waals surface area contributed by atoms with Crippen LogP contribution in [0.1, 0.15) is 33.0 Å². The van der Waals surface area contributed by atoms with Crippen LogP contribution in [0.15, 0.2) is 35.8 Å². The second kappa shape index (κ2) is 5.89. The molecule has 0 aliphatic carbocycles. The Labute approximate surface area is 113 Å². The number of carbonyl (C=O) groups is 2. The molecular weight excluding hydrogens is 270 g/mol. The van der Waals surface area contributed by atoms with E-state index in [1.54, 1.807) is 18.2 Å². The lowest BCUT2D eigenvalue weighted by molar-refractivity contribution is 0.0917. The third kappa shape index (κ3) is 3.03. The summed E-state index contributed by atoms with van der Waals surface area (Å²) in [6.45, 7) is 0. The topological polar surface area (TPSA) is 47.0 Å². The Morgan fingerprint density at radius 3 is 2.61 bits per heavy atom. The van der Waals surface area contributed by atoms with Crippen molar-refractivity contribution < 1.29 is 9.59 Å². The van der Waals surface area contributed by atoms with Gasteiger partial charge in [0.15, 0.2) is 11.6 Å². The van der Waals surface area contributed by atoms with E-state index >= 15 is 0 Å². The van der Waals surface area contributed by atoms with Crippen LogP contribution in [0.25, 0.3) is 0 Å². The maximum absolute atomic E-state index is 11.8. The molecule has 92 valence electrons. The average molecular weight is 280 g/mol. The molecule has 0 aromatic carbocycles. The van der Waals surface area contributed by atoms with Gasteiger partial charge in [-0.25, -0.2) is 0 Å². The van der Waals surface area contributed by atoms with E-state index in [-0.39, 0.29) is 30.1 Å². The van der Waals surface area contributed by atoms with Crippen molar-refractivity contribution in [2.75, 3.05) is 0 Å². The van der Waals surface area contributed by atoms with Gasteiger partial charge in [0.2, 0.25) is 0 Å². The predicted molar refractivity (Wildman–Crippen MR) is 71.5 cm³/mol. The van der Waals surface area contributed by atoms with Gasteiger partial charge in [0, 0.05) is 19.0 Å². The molecule has 0 amide bonds. The maximum atomic E-state index is 11.8. The second-order valence-electron chi connectivity index (χ2n) is 3.66. The zero-order chi connectivity index (χ0) is 13.0. The monoisotopic (exact) mass is 279 g/mol. The molecule has 5 heteroatoms. The minimum Gasteiger partial charge on any atom is -0.293 e. The number of pyridine rings is 1. The summed E-state index contributed by atoms with van der Waals surface area (Å²) in [5.41, 5.74) is 0.234. The molecule has 2 rings (SSSR count). The highest BCUT2D eigenvalue weighted by molar-refractivity contribution is 7.12.